The molecule has 3 N–H and O–H groups in total. The van der Waals surface area contributed by atoms with Gasteiger partial charge in [-0.1, -0.05) is 36.1 Å². The predicted molar refractivity (Wildman–Crippen MR) is 97.4 cm³/mol. The Morgan fingerprint density at radius 1 is 0.778 bits per heavy atom. The van der Waals surface area contributed by atoms with Crippen LogP contribution >= 0.6 is 0 Å². The molecule has 0 aromatic heterocycles. The van der Waals surface area contributed by atoms with Gasteiger partial charge < -0.3 is 20.5 Å². The van der Waals surface area contributed by atoms with Crippen LogP contribution in [0.2, 0.25) is 0 Å². The third-order valence-electron chi connectivity index (χ3n) is 0.800. The SMILES string of the molecule is C.C.C.CC.CC(=O)O.CNC(C)=O.CNC(C)=O.COC=O.[Y].[Y].[Y].[Y]. The fourth-order valence-electron chi connectivity index (χ4n) is 0. The van der Waals surface area contributed by atoms with Crippen molar-refractivity contribution in [3.8, 4) is 0 Å². The summed E-state index contributed by atoms with van der Waals surface area (Å²) in [6.45, 7) is 8.40. The number of carboxylic acid groups (broad SMARTS) is 1. The van der Waals surface area contributed by atoms with Crippen LogP contribution in [0.5, 0.6) is 0 Å². The van der Waals surface area contributed by atoms with Gasteiger partial charge in [0.25, 0.3) is 12.4 Å². The maximum atomic E-state index is 9.70. The zero-order valence-corrected chi connectivity index (χ0v) is 27.2. The molecule has 0 aliphatic heterocycles. The van der Waals surface area contributed by atoms with E-state index in [2.05, 4.69) is 15.4 Å². The van der Waals surface area contributed by atoms with Crippen LogP contribution in [-0.2, 0) is 155 Å². The van der Waals surface area contributed by atoms with Gasteiger partial charge in [-0.2, -0.15) is 0 Å². The van der Waals surface area contributed by atoms with E-state index in [0.29, 0.717) is 6.47 Å². The van der Waals surface area contributed by atoms with Crippen LogP contribution in [0.15, 0.2) is 0 Å². The standard InChI is InChI=1S/2C3H7NO.2C2H4O2.C2H6.3CH4.4Y/c2*1-3(5)4-2;1-4-2-3;1-2(3)4;1-2;;;;;;;/h2*1-2H3,(H,4,5);2H,1H3;1H3,(H,3,4);1-2H3;3*1H4;;;;. The summed E-state index contributed by atoms with van der Waals surface area (Å²) in [4.78, 5) is 37.4. The Kier molecular flexibility index (Phi) is 262. The first kappa shape index (κ1) is 78.4. The van der Waals surface area contributed by atoms with Crippen molar-refractivity contribution in [3.63, 3.8) is 0 Å². The van der Waals surface area contributed by atoms with E-state index in [1.54, 1.807) is 14.1 Å². The Bertz CT molecular complexity index is 232. The summed E-state index contributed by atoms with van der Waals surface area (Å²) in [7, 11) is 4.51. The number of carboxylic acids is 1. The van der Waals surface area contributed by atoms with E-state index in [4.69, 9.17) is 14.7 Å². The molecule has 0 aliphatic carbocycles. The van der Waals surface area contributed by atoms with Gasteiger partial charge in [0.2, 0.25) is 11.8 Å². The fourth-order valence-corrected chi connectivity index (χ4v) is 0. The number of nitrogens with one attached hydrogen (secondary N) is 2. The minimum absolute atomic E-state index is 0. The van der Waals surface area contributed by atoms with Crippen molar-refractivity contribution in [2.24, 2.45) is 0 Å². The van der Waals surface area contributed by atoms with E-state index < -0.39 is 5.97 Å². The van der Waals surface area contributed by atoms with Crippen LogP contribution in [0.1, 0.15) is 56.9 Å². The second-order valence-corrected chi connectivity index (χ2v) is 2.46. The molecule has 2 amide bonds. The number of carbonyl (C=O) groups is 4. The maximum Gasteiger partial charge on any atom is 0.300 e. The molecule has 0 bridgehead atoms. The molecule has 0 heterocycles. The molecule has 27 heavy (non-hydrogen) atoms. The number of aliphatic carboxylic acids is 1. The minimum Gasteiger partial charge on any atom is -0.481 e. The summed E-state index contributed by atoms with van der Waals surface area (Å²) in [6, 6.07) is 0. The van der Waals surface area contributed by atoms with Gasteiger partial charge in [-0.3, -0.25) is 19.2 Å². The van der Waals surface area contributed by atoms with Crippen LogP contribution < -0.4 is 10.6 Å². The number of amides is 2. The van der Waals surface area contributed by atoms with Crippen LogP contribution in [0.3, 0.4) is 0 Å². The Morgan fingerprint density at radius 2 is 0.852 bits per heavy atom. The van der Waals surface area contributed by atoms with E-state index >= 15 is 0 Å². The van der Waals surface area contributed by atoms with Gasteiger partial charge in [0, 0.05) is 166 Å². The van der Waals surface area contributed by atoms with Crippen molar-refractivity contribution < 1.29 is 160 Å². The van der Waals surface area contributed by atoms with Gasteiger partial charge >= 0.3 is 0 Å². The van der Waals surface area contributed by atoms with Gasteiger partial charge in [0.05, 0.1) is 7.11 Å². The van der Waals surface area contributed by atoms with Crippen molar-refractivity contribution in [2.75, 3.05) is 21.2 Å². The van der Waals surface area contributed by atoms with Gasteiger partial charge in [0.1, 0.15) is 0 Å². The first-order valence-electron chi connectivity index (χ1n) is 5.72. The molecular weight excluding hydrogens is 660 g/mol. The third kappa shape index (κ3) is 368. The quantitative estimate of drug-likeness (QED) is 0.362. The summed E-state index contributed by atoms with van der Waals surface area (Å²) < 4.78 is 3.86. The van der Waals surface area contributed by atoms with Crippen LogP contribution in [0.4, 0.5) is 0 Å². The van der Waals surface area contributed by atoms with Crippen molar-refractivity contribution in [2.45, 2.75) is 56.9 Å². The summed E-state index contributed by atoms with van der Waals surface area (Å²) in [5, 5.41) is 12.2. The van der Waals surface area contributed by atoms with Crippen molar-refractivity contribution >= 4 is 24.3 Å². The van der Waals surface area contributed by atoms with Crippen LogP contribution in [0, 0.1) is 0 Å². The summed E-state index contributed by atoms with van der Waals surface area (Å²) in [5.41, 5.74) is 0. The number of hydrogen-bond acceptors (Lipinski definition) is 5. The molecule has 0 rings (SSSR count). The molecule has 0 atom stereocenters. The van der Waals surface area contributed by atoms with Gasteiger partial charge in [-0.15, -0.1) is 0 Å². The molecule has 0 spiro atoms. The Labute approximate surface area is 268 Å². The van der Waals surface area contributed by atoms with E-state index in [1.807, 2.05) is 13.8 Å². The average Bonchev–Trinajstić information content (AvgIpc) is 2.41. The van der Waals surface area contributed by atoms with Gasteiger partial charge in [-0.05, 0) is 0 Å². The molecule has 8 nitrogen and oxygen atoms in total. The number of rotatable bonds is 1. The van der Waals surface area contributed by atoms with Gasteiger partial charge in [0.15, 0.2) is 0 Å². The van der Waals surface area contributed by atoms with Gasteiger partial charge in [-0.25, -0.2) is 0 Å². The van der Waals surface area contributed by atoms with E-state index in [0.717, 1.165) is 6.92 Å². The number of carbonyl (C=O) groups excluding carboxylic acids is 3. The van der Waals surface area contributed by atoms with Crippen LogP contribution in [0.25, 0.3) is 0 Å². The summed E-state index contributed by atoms with van der Waals surface area (Å²) in [5.74, 6) is -0.824. The third-order valence-corrected chi connectivity index (χ3v) is 0.800. The Hall–Kier alpha value is 2.30. The molecule has 158 valence electrons. The largest absolute Gasteiger partial charge is 0.481 e. The second-order valence-electron chi connectivity index (χ2n) is 2.46. The molecule has 0 saturated heterocycles. The van der Waals surface area contributed by atoms with Crippen molar-refractivity contribution in [1.29, 1.82) is 0 Å². The van der Waals surface area contributed by atoms with E-state index in [-0.39, 0.29) is 165 Å². The number of methoxy groups -OCH3 is 1. The molecular formula is C15H40N2O6Y4. The molecule has 12 heteroatoms. The average molecular weight is 700 g/mol. The Balaban J connectivity index is -0.00000000997. The number of hydrogen-bond donors (Lipinski definition) is 3. The van der Waals surface area contributed by atoms with E-state index in [9.17, 15) is 9.59 Å². The predicted octanol–water partition coefficient (Wildman–Crippen LogP) is 2.31. The molecule has 4 radical (unpaired) electrons. The minimum atomic E-state index is -0.833. The fraction of sp³-hybridized carbons (Fsp3) is 0.733. The maximum absolute atomic E-state index is 9.70. The zero-order chi connectivity index (χ0) is 17.6. The molecule has 0 saturated carbocycles. The first-order valence-corrected chi connectivity index (χ1v) is 5.72. The first-order chi connectivity index (χ1) is 9.19. The van der Waals surface area contributed by atoms with Crippen molar-refractivity contribution in [1.82, 2.24) is 10.6 Å². The second kappa shape index (κ2) is 90.1. The summed E-state index contributed by atoms with van der Waals surface area (Å²) in [6.07, 6.45) is 0. The monoisotopic (exact) mass is 700 g/mol. The summed E-state index contributed by atoms with van der Waals surface area (Å²) >= 11 is 0. The molecule has 0 fully saturated rings. The van der Waals surface area contributed by atoms with Crippen molar-refractivity contribution in [3.05, 3.63) is 0 Å². The molecule has 0 aromatic carbocycles. The van der Waals surface area contributed by atoms with E-state index in [1.165, 1.54) is 21.0 Å². The normalized spacial score (nSPS) is 4.44. The topological polar surface area (TPSA) is 122 Å². The molecule has 0 aromatic rings. The smallest absolute Gasteiger partial charge is 0.300 e. The Morgan fingerprint density at radius 3 is 0.852 bits per heavy atom. The van der Waals surface area contributed by atoms with Crippen LogP contribution in [-0.4, -0.2) is 50.6 Å². The number of ether oxygens (including phenoxy) is 1. The zero-order valence-electron chi connectivity index (χ0n) is 15.9. The molecule has 0 aliphatic rings. The molecule has 0 unspecified atom stereocenters.